The van der Waals surface area contributed by atoms with Crippen LogP contribution in [0.5, 0.6) is 12.0 Å². The van der Waals surface area contributed by atoms with E-state index in [2.05, 4.69) is 20.3 Å². The predicted molar refractivity (Wildman–Crippen MR) is 73.4 cm³/mol. The largest absolute Gasteiger partial charge is 0.467 e. The van der Waals surface area contributed by atoms with Gasteiger partial charge in [-0.1, -0.05) is 0 Å². The van der Waals surface area contributed by atoms with E-state index in [-0.39, 0.29) is 17.9 Å². The number of rotatable bonds is 6. The van der Waals surface area contributed by atoms with Crippen LogP contribution >= 0.6 is 0 Å². The Bertz CT molecular complexity index is 456. The van der Waals surface area contributed by atoms with E-state index in [1.807, 2.05) is 0 Å². The van der Waals surface area contributed by atoms with Crippen molar-refractivity contribution in [3.8, 4) is 12.0 Å². The Labute approximate surface area is 122 Å². The van der Waals surface area contributed by atoms with E-state index in [1.165, 1.54) is 14.2 Å². The van der Waals surface area contributed by atoms with Crippen LogP contribution in [0.2, 0.25) is 0 Å². The molecule has 0 radical (unpaired) electrons. The first-order chi connectivity index (χ1) is 10.2. The lowest BCUT2D eigenvalue weighted by Crippen LogP contribution is -2.41. The molecule has 21 heavy (non-hydrogen) atoms. The quantitative estimate of drug-likeness (QED) is 0.754. The second kappa shape index (κ2) is 7.58. The Morgan fingerprint density at radius 2 is 1.81 bits per heavy atom. The molecule has 1 aliphatic rings. The molecule has 1 aliphatic heterocycles. The Hall–Kier alpha value is -2.16. The highest BCUT2D eigenvalue weighted by Crippen LogP contribution is 2.12. The SMILES string of the molecule is COc1nc(NCCC(=O)N2CCOCC2)nc(OC)n1. The summed E-state index contributed by atoms with van der Waals surface area (Å²) in [5.74, 6) is 0.396. The van der Waals surface area contributed by atoms with Gasteiger partial charge in [-0.15, -0.1) is 4.98 Å². The third-order valence-electron chi connectivity index (χ3n) is 2.95. The second-order valence-corrected chi connectivity index (χ2v) is 4.30. The van der Waals surface area contributed by atoms with E-state index in [4.69, 9.17) is 14.2 Å². The summed E-state index contributed by atoms with van der Waals surface area (Å²) in [6, 6.07) is 0.313. The lowest BCUT2D eigenvalue weighted by molar-refractivity contribution is -0.134. The van der Waals surface area contributed by atoms with Crippen LogP contribution in [0, 0.1) is 0 Å². The van der Waals surface area contributed by atoms with Crippen LogP contribution in [-0.4, -0.2) is 72.8 Å². The molecular weight excluding hydrogens is 278 g/mol. The summed E-state index contributed by atoms with van der Waals surface area (Å²) in [5.41, 5.74) is 0. The van der Waals surface area contributed by atoms with Gasteiger partial charge in [-0.2, -0.15) is 9.97 Å². The van der Waals surface area contributed by atoms with Crippen LogP contribution in [0.25, 0.3) is 0 Å². The van der Waals surface area contributed by atoms with E-state index in [0.717, 1.165) is 0 Å². The number of carbonyl (C=O) groups excluding carboxylic acids is 1. The molecule has 0 unspecified atom stereocenters. The number of methoxy groups -OCH3 is 2. The van der Waals surface area contributed by atoms with Crippen molar-refractivity contribution < 1.29 is 19.0 Å². The Balaban J connectivity index is 1.83. The van der Waals surface area contributed by atoms with Gasteiger partial charge in [0.15, 0.2) is 0 Å². The fourth-order valence-electron chi connectivity index (χ4n) is 1.85. The first kappa shape index (κ1) is 15.2. The Kier molecular flexibility index (Phi) is 5.50. The molecule has 1 N–H and O–H groups in total. The lowest BCUT2D eigenvalue weighted by atomic mass is 10.3. The number of aromatic nitrogens is 3. The minimum Gasteiger partial charge on any atom is -0.467 e. The number of morpholine rings is 1. The number of ether oxygens (including phenoxy) is 3. The molecule has 0 aliphatic carbocycles. The van der Waals surface area contributed by atoms with Crippen LogP contribution in [0.15, 0.2) is 0 Å². The number of nitrogens with one attached hydrogen (secondary N) is 1. The minimum absolute atomic E-state index is 0.0822. The van der Waals surface area contributed by atoms with Gasteiger partial charge in [0.1, 0.15) is 0 Å². The third-order valence-corrected chi connectivity index (χ3v) is 2.95. The summed E-state index contributed by atoms with van der Waals surface area (Å²) >= 11 is 0. The van der Waals surface area contributed by atoms with Crippen LogP contribution < -0.4 is 14.8 Å². The molecular formula is C12H19N5O4. The van der Waals surface area contributed by atoms with Gasteiger partial charge in [0.25, 0.3) is 0 Å². The summed E-state index contributed by atoms with van der Waals surface area (Å²) in [6.07, 6.45) is 0.357. The minimum atomic E-state index is 0.0822. The first-order valence-electron chi connectivity index (χ1n) is 6.66. The summed E-state index contributed by atoms with van der Waals surface area (Å²) in [4.78, 5) is 25.7. The highest BCUT2D eigenvalue weighted by molar-refractivity contribution is 5.76. The molecule has 1 aromatic rings. The highest BCUT2D eigenvalue weighted by Gasteiger charge is 2.16. The molecule has 0 atom stereocenters. The smallest absolute Gasteiger partial charge is 0.324 e. The van der Waals surface area contributed by atoms with Crippen LogP contribution in [0.4, 0.5) is 5.95 Å². The molecule has 9 nitrogen and oxygen atoms in total. The normalized spacial score (nSPS) is 14.7. The summed E-state index contributed by atoms with van der Waals surface area (Å²) < 4.78 is 15.1. The van der Waals surface area contributed by atoms with Gasteiger partial charge in [-0.05, 0) is 0 Å². The molecule has 2 heterocycles. The molecule has 1 fully saturated rings. The molecule has 116 valence electrons. The zero-order chi connectivity index (χ0) is 15.1. The Morgan fingerprint density at radius 3 is 2.38 bits per heavy atom. The first-order valence-corrected chi connectivity index (χ1v) is 6.66. The van der Waals surface area contributed by atoms with E-state index < -0.39 is 0 Å². The van der Waals surface area contributed by atoms with Gasteiger partial charge in [0.2, 0.25) is 11.9 Å². The topological polar surface area (TPSA) is 98.7 Å². The maximum atomic E-state index is 12.0. The Morgan fingerprint density at radius 1 is 1.19 bits per heavy atom. The average Bonchev–Trinajstić information content (AvgIpc) is 2.55. The molecule has 0 saturated carbocycles. The van der Waals surface area contributed by atoms with Gasteiger partial charge in [0, 0.05) is 26.1 Å². The van der Waals surface area contributed by atoms with Crippen molar-refractivity contribution in [2.24, 2.45) is 0 Å². The van der Waals surface area contributed by atoms with Crippen molar-refractivity contribution in [2.45, 2.75) is 6.42 Å². The number of carbonyl (C=O) groups is 1. The molecule has 1 saturated heterocycles. The zero-order valence-corrected chi connectivity index (χ0v) is 12.2. The van der Waals surface area contributed by atoms with E-state index >= 15 is 0 Å². The fraction of sp³-hybridized carbons (Fsp3) is 0.667. The number of hydrogen-bond acceptors (Lipinski definition) is 8. The van der Waals surface area contributed by atoms with Crippen molar-refractivity contribution >= 4 is 11.9 Å². The summed E-state index contributed by atoms with van der Waals surface area (Å²) in [5, 5.41) is 2.96. The summed E-state index contributed by atoms with van der Waals surface area (Å²) in [6.45, 7) is 2.91. The third kappa shape index (κ3) is 4.42. The summed E-state index contributed by atoms with van der Waals surface area (Å²) in [7, 11) is 2.92. The number of nitrogens with zero attached hydrogens (tertiary/aromatic N) is 4. The van der Waals surface area contributed by atoms with Gasteiger partial charge in [0.05, 0.1) is 27.4 Å². The monoisotopic (exact) mass is 297 g/mol. The van der Waals surface area contributed by atoms with Crippen LogP contribution in [0.3, 0.4) is 0 Å². The highest BCUT2D eigenvalue weighted by atomic mass is 16.5. The molecule has 9 heteroatoms. The maximum absolute atomic E-state index is 12.0. The van der Waals surface area contributed by atoms with Gasteiger partial charge < -0.3 is 24.4 Å². The molecule has 0 spiro atoms. The number of anilines is 1. The standard InChI is InChI=1S/C12H19N5O4/c1-19-11-14-10(15-12(16-11)20-2)13-4-3-9(18)17-5-7-21-8-6-17/h3-8H2,1-2H3,(H,13,14,15,16). The number of hydrogen-bond donors (Lipinski definition) is 1. The molecule has 0 aromatic carbocycles. The van der Waals surface area contributed by atoms with Gasteiger partial charge in [-0.25, -0.2) is 0 Å². The van der Waals surface area contributed by atoms with Crippen molar-refractivity contribution in [1.29, 1.82) is 0 Å². The van der Waals surface area contributed by atoms with E-state index in [0.29, 0.717) is 45.2 Å². The molecule has 1 amide bonds. The van der Waals surface area contributed by atoms with Gasteiger partial charge >= 0.3 is 12.0 Å². The van der Waals surface area contributed by atoms with E-state index in [1.54, 1.807) is 4.90 Å². The maximum Gasteiger partial charge on any atom is 0.324 e. The van der Waals surface area contributed by atoms with Crippen LogP contribution in [0.1, 0.15) is 6.42 Å². The van der Waals surface area contributed by atoms with Crippen molar-refractivity contribution in [3.63, 3.8) is 0 Å². The van der Waals surface area contributed by atoms with Crippen LogP contribution in [-0.2, 0) is 9.53 Å². The lowest BCUT2D eigenvalue weighted by Gasteiger charge is -2.26. The molecule has 0 bridgehead atoms. The zero-order valence-electron chi connectivity index (χ0n) is 12.2. The van der Waals surface area contributed by atoms with Crippen molar-refractivity contribution in [2.75, 3.05) is 52.4 Å². The number of amides is 1. The average molecular weight is 297 g/mol. The fourth-order valence-corrected chi connectivity index (χ4v) is 1.85. The second-order valence-electron chi connectivity index (χ2n) is 4.30. The molecule has 1 aromatic heterocycles. The van der Waals surface area contributed by atoms with Gasteiger partial charge in [-0.3, -0.25) is 4.79 Å². The van der Waals surface area contributed by atoms with E-state index in [9.17, 15) is 4.79 Å². The molecule has 2 rings (SSSR count). The van der Waals surface area contributed by atoms with Crippen molar-refractivity contribution in [3.05, 3.63) is 0 Å². The van der Waals surface area contributed by atoms with Crippen molar-refractivity contribution in [1.82, 2.24) is 19.9 Å². The predicted octanol–water partition coefficient (Wildman–Crippen LogP) is -0.450.